The van der Waals surface area contributed by atoms with Crippen molar-refractivity contribution in [2.45, 2.75) is 44.3 Å². The van der Waals surface area contributed by atoms with E-state index in [1.165, 1.54) is 12.8 Å². The fourth-order valence-corrected chi connectivity index (χ4v) is 2.06. The van der Waals surface area contributed by atoms with Crippen molar-refractivity contribution in [1.29, 1.82) is 0 Å². The number of aliphatic carboxylic acids is 1. The molecule has 2 heterocycles. The third kappa shape index (κ3) is 2.31. The van der Waals surface area contributed by atoms with E-state index >= 15 is 0 Å². The van der Waals surface area contributed by atoms with Crippen LogP contribution in [0, 0.1) is 5.92 Å². The van der Waals surface area contributed by atoms with Crippen LogP contribution in [-0.2, 0) is 16.0 Å². The maximum atomic E-state index is 10.7. The average Bonchev–Trinajstić information content (AvgIpc) is 2.82. The van der Waals surface area contributed by atoms with Crippen LogP contribution < -0.4 is 0 Å². The number of nitrogens with zero attached hydrogens (tertiary/aromatic N) is 2. The Morgan fingerprint density at radius 1 is 1.35 bits per heavy atom. The molecule has 1 aliphatic heterocycles. The van der Waals surface area contributed by atoms with Gasteiger partial charge in [-0.25, -0.2) is 4.79 Å². The molecule has 1 aromatic heterocycles. The molecule has 3 rings (SSSR count). The number of rotatable bonds is 4. The molecular formula is C11H14N2O4. The Morgan fingerprint density at radius 3 is 2.82 bits per heavy atom. The van der Waals surface area contributed by atoms with E-state index in [0.29, 0.717) is 30.5 Å². The van der Waals surface area contributed by atoms with E-state index in [2.05, 4.69) is 10.1 Å². The summed E-state index contributed by atoms with van der Waals surface area (Å²) >= 11 is 0. The quantitative estimate of drug-likeness (QED) is 0.851. The minimum atomic E-state index is -0.926. The van der Waals surface area contributed by atoms with Crippen LogP contribution in [0.3, 0.4) is 0 Å². The molecule has 6 nitrogen and oxygen atoms in total. The van der Waals surface area contributed by atoms with Crippen LogP contribution in [0.15, 0.2) is 4.52 Å². The zero-order chi connectivity index (χ0) is 11.8. The molecule has 0 aromatic carbocycles. The lowest BCUT2D eigenvalue weighted by molar-refractivity contribution is -0.150. The molecule has 0 radical (unpaired) electrons. The number of aromatic nitrogens is 2. The molecule has 1 aromatic rings. The second-order valence-electron chi connectivity index (χ2n) is 4.73. The normalized spacial score (nSPS) is 28.5. The van der Waals surface area contributed by atoms with E-state index in [4.69, 9.17) is 14.4 Å². The molecule has 17 heavy (non-hydrogen) atoms. The maximum Gasteiger partial charge on any atom is 0.332 e. The number of carboxylic acid groups (broad SMARTS) is 1. The number of carboxylic acids is 1. The Hall–Kier alpha value is -1.43. The number of hydrogen-bond donors (Lipinski definition) is 1. The summed E-state index contributed by atoms with van der Waals surface area (Å²) in [5.74, 6) is 0.913. The molecule has 1 aliphatic carbocycles. The molecule has 2 atom stereocenters. The summed E-state index contributed by atoms with van der Waals surface area (Å²) < 4.78 is 10.5. The molecule has 1 saturated carbocycles. The Kier molecular flexibility index (Phi) is 2.58. The van der Waals surface area contributed by atoms with Crippen LogP contribution in [0.1, 0.15) is 43.5 Å². The molecule has 0 bridgehead atoms. The third-order valence-corrected chi connectivity index (χ3v) is 3.22. The van der Waals surface area contributed by atoms with E-state index < -0.39 is 12.1 Å². The molecule has 92 valence electrons. The predicted molar refractivity (Wildman–Crippen MR) is 55.2 cm³/mol. The first-order valence-corrected chi connectivity index (χ1v) is 5.93. The van der Waals surface area contributed by atoms with Gasteiger partial charge in [-0.2, -0.15) is 4.98 Å². The van der Waals surface area contributed by atoms with Crippen LogP contribution in [0.5, 0.6) is 0 Å². The predicted octanol–water partition coefficient (Wildman–Crippen LogP) is 1.33. The fourth-order valence-electron chi connectivity index (χ4n) is 2.06. The summed E-state index contributed by atoms with van der Waals surface area (Å²) in [4.78, 5) is 15.0. The van der Waals surface area contributed by atoms with Gasteiger partial charge in [-0.3, -0.25) is 0 Å². The lowest BCUT2D eigenvalue weighted by Gasteiger charge is -2.05. The Morgan fingerprint density at radius 2 is 2.18 bits per heavy atom. The molecule has 1 N–H and O–H groups in total. The van der Waals surface area contributed by atoms with Gasteiger partial charge in [0.2, 0.25) is 0 Å². The van der Waals surface area contributed by atoms with Crippen molar-refractivity contribution in [1.82, 2.24) is 10.1 Å². The molecule has 2 fully saturated rings. The van der Waals surface area contributed by atoms with E-state index in [0.717, 1.165) is 6.42 Å². The summed E-state index contributed by atoms with van der Waals surface area (Å²) in [6.07, 6.45) is 3.38. The van der Waals surface area contributed by atoms with E-state index in [9.17, 15) is 4.79 Å². The Balaban J connectivity index is 1.63. The van der Waals surface area contributed by atoms with Crippen molar-refractivity contribution in [3.05, 3.63) is 11.7 Å². The van der Waals surface area contributed by atoms with Crippen molar-refractivity contribution < 1.29 is 19.2 Å². The SMILES string of the molecule is O=C(O)C1CCC(c2nc(CC3CC3)no2)O1. The maximum absolute atomic E-state index is 10.7. The van der Waals surface area contributed by atoms with Crippen molar-refractivity contribution in [2.75, 3.05) is 0 Å². The summed E-state index contributed by atoms with van der Waals surface area (Å²) in [5, 5.41) is 12.7. The van der Waals surface area contributed by atoms with Crippen LogP contribution in [-0.4, -0.2) is 27.3 Å². The fraction of sp³-hybridized carbons (Fsp3) is 0.727. The standard InChI is InChI=1S/C11H14N2O4/c14-11(15)8-4-3-7(16-8)10-12-9(13-17-10)5-6-1-2-6/h6-8H,1-5H2,(H,14,15). The van der Waals surface area contributed by atoms with Gasteiger partial charge in [0, 0.05) is 6.42 Å². The Bertz CT molecular complexity index is 427. The van der Waals surface area contributed by atoms with Crippen LogP contribution >= 0.6 is 0 Å². The van der Waals surface area contributed by atoms with Crippen molar-refractivity contribution in [2.24, 2.45) is 5.92 Å². The molecule has 0 amide bonds. The van der Waals surface area contributed by atoms with Gasteiger partial charge in [0.25, 0.3) is 5.89 Å². The molecule has 0 spiro atoms. The van der Waals surface area contributed by atoms with Crippen LogP contribution in [0.25, 0.3) is 0 Å². The van der Waals surface area contributed by atoms with Gasteiger partial charge in [-0.1, -0.05) is 5.16 Å². The highest BCUT2D eigenvalue weighted by Gasteiger charge is 2.35. The molecular weight excluding hydrogens is 224 g/mol. The molecule has 2 aliphatic rings. The molecule has 2 unspecified atom stereocenters. The minimum Gasteiger partial charge on any atom is -0.479 e. The first-order valence-electron chi connectivity index (χ1n) is 5.93. The van der Waals surface area contributed by atoms with Gasteiger partial charge in [-0.15, -0.1) is 0 Å². The average molecular weight is 238 g/mol. The first-order chi connectivity index (χ1) is 8.22. The lowest BCUT2D eigenvalue weighted by atomic mass is 10.2. The second-order valence-corrected chi connectivity index (χ2v) is 4.73. The van der Waals surface area contributed by atoms with Gasteiger partial charge < -0.3 is 14.4 Å². The van der Waals surface area contributed by atoms with E-state index in [1.54, 1.807) is 0 Å². The van der Waals surface area contributed by atoms with Gasteiger partial charge in [0.15, 0.2) is 11.9 Å². The topological polar surface area (TPSA) is 85.5 Å². The van der Waals surface area contributed by atoms with Gasteiger partial charge in [0.1, 0.15) is 6.10 Å². The van der Waals surface area contributed by atoms with Crippen molar-refractivity contribution in [3.8, 4) is 0 Å². The van der Waals surface area contributed by atoms with Gasteiger partial charge in [-0.05, 0) is 31.6 Å². The highest BCUT2D eigenvalue weighted by atomic mass is 16.5. The minimum absolute atomic E-state index is 0.350. The summed E-state index contributed by atoms with van der Waals surface area (Å²) in [7, 11) is 0. The van der Waals surface area contributed by atoms with Gasteiger partial charge >= 0.3 is 5.97 Å². The van der Waals surface area contributed by atoms with Crippen molar-refractivity contribution >= 4 is 5.97 Å². The van der Waals surface area contributed by atoms with Crippen LogP contribution in [0.4, 0.5) is 0 Å². The van der Waals surface area contributed by atoms with Gasteiger partial charge in [0.05, 0.1) is 0 Å². The van der Waals surface area contributed by atoms with Crippen molar-refractivity contribution in [3.63, 3.8) is 0 Å². The highest BCUT2D eigenvalue weighted by molar-refractivity contribution is 5.72. The third-order valence-electron chi connectivity index (χ3n) is 3.22. The molecule has 6 heteroatoms. The highest BCUT2D eigenvalue weighted by Crippen LogP contribution is 2.34. The lowest BCUT2D eigenvalue weighted by Crippen LogP contribution is -2.18. The largest absolute Gasteiger partial charge is 0.479 e. The Labute approximate surface area is 98.0 Å². The number of carbonyl (C=O) groups is 1. The second kappa shape index (κ2) is 4.10. The monoisotopic (exact) mass is 238 g/mol. The van der Waals surface area contributed by atoms with E-state index in [1.807, 2.05) is 0 Å². The number of ether oxygens (including phenoxy) is 1. The van der Waals surface area contributed by atoms with Crippen LogP contribution in [0.2, 0.25) is 0 Å². The first kappa shape index (κ1) is 10.7. The smallest absolute Gasteiger partial charge is 0.332 e. The van der Waals surface area contributed by atoms with E-state index in [-0.39, 0.29) is 6.10 Å². The summed E-state index contributed by atoms with van der Waals surface area (Å²) in [6.45, 7) is 0. The summed E-state index contributed by atoms with van der Waals surface area (Å²) in [6, 6.07) is 0. The summed E-state index contributed by atoms with van der Waals surface area (Å²) in [5.41, 5.74) is 0. The molecule has 1 saturated heterocycles. The number of hydrogen-bond acceptors (Lipinski definition) is 5. The zero-order valence-corrected chi connectivity index (χ0v) is 9.33. The zero-order valence-electron chi connectivity index (χ0n) is 9.33.